The second-order valence-electron chi connectivity index (χ2n) is 8.93. The molecule has 2 heterocycles. The number of halogens is 2. The Bertz CT molecular complexity index is 1500. The van der Waals surface area contributed by atoms with Gasteiger partial charge in [0, 0.05) is 13.1 Å². The van der Waals surface area contributed by atoms with Crippen LogP contribution in [-0.4, -0.2) is 57.3 Å². The number of hydrogen-bond acceptors (Lipinski definition) is 10. The Morgan fingerprint density at radius 3 is 2.57 bits per heavy atom. The summed E-state index contributed by atoms with van der Waals surface area (Å²) in [4.78, 5) is 10.9. The van der Waals surface area contributed by atoms with Gasteiger partial charge in [-0.15, -0.1) is 0 Å². The van der Waals surface area contributed by atoms with Crippen molar-refractivity contribution < 1.29 is 25.8 Å². The van der Waals surface area contributed by atoms with Gasteiger partial charge < -0.3 is 29.0 Å². The molecule has 1 aliphatic rings. The number of hydrogen-bond donors (Lipinski definition) is 2. The lowest BCUT2D eigenvalue weighted by molar-refractivity contribution is 0.312. The van der Waals surface area contributed by atoms with Crippen LogP contribution in [0.5, 0.6) is 11.5 Å². The van der Waals surface area contributed by atoms with Crippen LogP contribution in [0.1, 0.15) is 11.1 Å². The number of nitrogens with zero attached hydrogens (tertiary/aromatic N) is 3. The zero-order valence-electron chi connectivity index (χ0n) is 20.6. The number of methoxy groups -OCH3 is 1. The van der Waals surface area contributed by atoms with Gasteiger partial charge in [0.05, 0.1) is 30.0 Å². The largest absolute Gasteiger partial charge is 0.495 e. The summed E-state index contributed by atoms with van der Waals surface area (Å²) in [5.74, 6) is 0.582. The van der Waals surface area contributed by atoms with Gasteiger partial charge in [0.15, 0.2) is 11.6 Å². The first-order chi connectivity index (χ1) is 17.3. The van der Waals surface area contributed by atoms with Crippen LogP contribution in [0.4, 0.5) is 27.0 Å². The standard InChI is InChI=1S/C23H26ClFN5O5PS/c1-30-9-8-14-11-20(34-2)18(10-15(14)13-30)28-23-26-12-16(24)22(29-23)27-17-6-5-7-19(35-37(25,32)33)21(17)36(3,4)31/h5-7,10-12H,8-9,13H2,1-4H3,(H2,26,27,28,29). The number of likely N-dealkylation sites (N-methyl/N-ethyl adjacent to an activating group) is 1. The Balaban J connectivity index is 1.69. The molecule has 0 saturated carbocycles. The monoisotopic (exact) mass is 569 g/mol. The fourth-order valence-electron chi connectivity index (χ4n) is 4.11. The van der Waals surface area contributed by atoms with E-state index in [2.05, 4.69) is 36.7 Å². The quantitative estimate of drug-likeness (QED) is 0.297. The normalized spacial score (nSPS) is 14.1. The molecular weight excluding hydrogens is 544 g/mol. The molecule has 0 spiro atoms. The first kappa shape index (κ1) is 27.1. The summed E-state index contributed by atoms with van der Waals surface area (Å²) in [6, 6.07) is 8.16. The topological polar surface area (TPSA) is 123 Å². The molecule has 4 rings (SSSR count). The highest BCUT2D eigenvalue weighted by Crippen LogP contribution is 2.43. The molecule has 0 unspecified atom stereocenters. The average molecular weight is 570 g/mol. The van der Waals surface area contributed by atoms with Crippen molar-refractivity contribution in [1.29, 1.82) is 0 Å². The van der Waals surface area contributed by atoms with Gasteiger partial charge in [-0.05, 0) is 62.2 Å². The molecule has 0 bridgehead atoms. The molecule has 10 nitrogen and oxygen atoms in total. The van der Waals surface area contributed by atoms with Gasteiger partial charge in [-0.25, -0.2) is 4.98 Å². The maximum Gasteiger partial charge on any atom is 0.488 e. The predicted molar refractivity (Wildman–Crippen MR) is 143 cm³/mol. The third-order valence-corrected chi connectivity index (χ3v) is 7.89. The van der Waals surface area contributed by atoms with Crippen molar-refractivity contribution in [3.8, 4) is 11.5 Å². The highest BCUT2D eigenvalue weighted by atomic mass is 35.5. The van der Waals surface area contributed by atoms with E-state index in [0.29, 0.717) is 11.4 Å². The smallest absolute Gasteiger partial charge is 0.488 e. The molecule has 3 aromatic rings. The number of ether oxygens (including phenoxy) is 1. The number of fused-ring (bicyclic) bond motifs is 1. The Kier molecular flexibility index (Phi) is 7.66. The molecule has 37 heavy (non-hydrogen) atoms. The number of benzene rings is 2. The summed E-state index contributed by atoms with van der Waals surface area (Å²) in [7, 11) is -4.87. The third kappa shape index (κ3) is 6.51. The minimum Gasteiger partial charge on any atom is -0.495 e. The maximum atomic E-state index is 13.3. The van der Waals surface area contributed by atoms with Crippen LogP contribution >= 0.6 is 18.7 Å². The van der Waals surface area contributed by atoms with Gasteiger partial charge in [-0.1, -0.05) is 21.6 Å². The van der Waals surface area contributed by atoms with Crippen LogP contribution in [0.2, 0.25) is 5.02 Å². The summed E-state index contributed by atoms with van der Waals surface area (Å²) in [6.07, 6.45) is 2.29. The van der Waals surface area contributed by atoms with Crippen molar-refractivity contribution in [3.05, 3.63) is 52.7 Å². The highest BCUT2D eigenvalue weighted by Gasteiger charge is 2.26. The minimum absolute atomic E-state index is 0.0131. The van der Waals surface area contributed by atoms with Crippen molar-refractivity contribution in [3.63, 3.8) is 0 Å². The molecule has 2 aromatic carbocycles. The molecule has 1 aromatic heterocycles. The lowest BCUT2D eigenvalue weighted by Gasteiger charge is -2.26. The number of anilines is 4. The molecule has 14 heteroatoms. The van der Waals surface area contributed by atoms with Crippen LogP contribution in [0.3, 0.4) is 0 Å². The van der Waals surface area contributed by atoms with Gasteiger partial charge in [-0.2, -0.15) is 13.4 Å². The Morgan fingerprint density at radius 1 is 1.14 bits per heavy atom. The minimum atomic E-state index is -5.34. The van der Waals surface area contributed by atoms with Gasteiger partial charge in [-0.3, -0.25) is 0 Å². The zero-order valence-corrected chi connectivity index (χ0v) is 23.0. The summed E-state index contributed by atoms with van der Waals surface area (Å²) in [5.41, 5.74) is 3.24. The summed E-state index contributed by atoms with van der Waals surface area (Å²) in [6.45, 7) is 4.57. The van der Waals surface area contributed by atoms with Crippen molar-refractivity contribution in [2.45, 2.75) is 13.0 Å². The second kappa shape index (κ2) is 10.4. The average Bonchev–Trinajstić information content (AvgIpc) is 2.79. The number of rotatable bonds is 8. The predicted octanol–water partition coefficient (Wildman–Crippen LogP) is 4.45. The first-order valence-electron chi connectivity index (χ1n) is 11.1. The van der Waals surface area contributed by atoms with Crippen molar-refractivity contribution in [1.82, 2.24) is 14.9 Å². The van der Waals surface area contributed by atoms with E-state index in [1.165, 1.54) is 43.3 Å². The fourth-order valence-corrected chi connectivity index (χ4v) is 6.03. The van der Waals surface area contributed by atoms with Crippen molar-refractivity contribution in [2.24, 2.45) is 0 Å². The van der Waals surface area contributed by atoms with Crippen LogP contribution in [0.15, 0.2) is 36.5 Å². The maximum absolute atomic E-state index is 13.3. The molecule has 0 radical (unpaired) electrons. The first-order valence-corrected chi connectivity index (χ1v) is 15.4. The lowest BCUT2D eigenvalue weighted by Crippen LogP contribution is -2.26. The molecule has 2 N–H and O–H groups in total. The van der Waals surface area contributed by atoms with E-state index in [-0.39, 0.29) is 27.8 Å². The fraction of sp³-hybridized carbons (Fsp3) is 0.304. The second-order valence-corrected chi connectivity index (χ2v) is 13.4. The van der Waals surface area contributed by atoms with E-state index in [1.54, 1.807) is 7.11 Å². The summed E-state index contributed by atoms with van der Waals surface area (Å²) >= 11 is 6.33. The molecule has 198 valence electrons. The molecular formula is C23H26ClFN5O5PS. The van der Waals surface area contributed by atoms with E-state index in [0.717, 1.165) is 25.1 Å². The Morgan fingerprint density at radius 2 is 1.89 bits per heavy atom. The number of aromatic nitrogens is 2. The Labute approximate surface area is 220 Å². The van der Waals surface area contributed by atoms with Gasteiger partial charge in [0.25, 0.3) is 0 Å². The summed E-state index contributed by atoms with van der Waals surface area (Å²) < 4.78 is 58.6. The van der Waals surface area contributed by atoms with Crippen LogP contribution in [0.25, 0.3) is 0 Å². The van der Waals surface area contributed by atoms with Crippen molar-refractivity contribution in [2.75, 3.05) is 44.7 Å². The molecule has 0 aliphatic carbocycles. The van der Waals surface area contributed by atoms with Crippen molar-refractivity contribution >= 4 is 57.7 Å². The molecule has 0 amide bonds. The van der Waals surface area contributed by atoms with Gasteiger partial charge in [0.2, 0.25) is 5.95 Å². The molecule has 0 fully saturated rings. The summed E-state index contributed by atoms with van der Waals surface area (Å²) in [5, 5.41) is 6.24. The number of nitrogens with one attached hydrogen (secondary N) is 2. The van der Waals surface area contributed by atoms with E-state index in [9.17, 15) is 16.9 Å². The highest BCUT2D eigenvalue weighted by molar-refractivity contribution is 7.82. The zero-order chi connectivity index (χ0) is 27.0. The molecule has 0 saturated heterocycles. The van der Waals surface area contributed by atoms with E-state index >= 15 is 0 Å². The Hall–Kier alpha value is -2.92. The van der Waals surface area contributed by atoms with Crippen LogP contribution in [0, 0.1) is 0 Å². The van der Waals surface area contributed by atoms with E-state index in [4.69, 9.17) is 16.3 Å². The van der Waals surface area contributed by atoms with Crippen LogP contribution in [-0.2, 0) is 28.0 Å². The third-order valence-electron chi connectivity index (χ3n) is 5.70. The van der Waals surface area contributed by atoms with Crippen LogP contribution < -0.4 is 24.9 Å². The van der Waals surface area contributed by atoms with E-state index < -0.39 is 23.4 Å². The molecule has 1 aliphatic heterocycles. The van der Waals surface area contributed by atoms with Gasteiger partial charge in [0.1, 0.15) is 17.9 Å². The van der Waals surface area contributed by atoms with Gasteiger partial charge >= 0.3 is 10.5 Å². The van der Waals surface area contributed by atoms with E-state index in [1.807, 2.05) is 12.1 Å². The SMILES string of the molecule is COc1cc2c(cc1Nc1ncc(Cl)c(Nc3cccc(OS(=O)(=O)F)c3P(C)(C)=O)n1)CN(C)CC2. The lowest BCUT2D eigenvalue weighted by atomic mass is 9.99. The molecule has 0 atom stereocenters.